The monoisotopic (exact) mass is 245 g/mol. The molecule has 0 bridgehead atoms. The van der Waals surface area contributed by atoms with Crippen LogP contribution in [0.25, 0.3) is 0 Å². The standard InChI is InChI=1S/C12H15N5O/c1-6-9-10(15-14-6)17-8-5-3-4-7(8)13-12(17)16(2)11(9)18/h7-8H,3-5H2,1-2H3,(H,14,15)/t7-,8+/m1/s1. The van der Waals surface area contributed by atoms with Gasteiger partial charge in [-0.2, -0.15) is 5.10 Å². The minimum absolute atomic E-state index is 0.00813. The van der Waals surface area contributed by atoms with Crippen molar-refractivity contribution < 1.29 is 4.79 Å². The lowest BCUT2D eigenvalue weighted by molar-refractivity contribution is 0.0864. The highest BCUT2D eigenvalue weighted by Crippen LogP contribution is 2.40. The first kappa shape index (κ1) is 10.1. The minimum Gasteiger partial charge on any atom is -0.289 e. The van der Waals surface area contributed by atoms with Crippen molar-refractivity contribution >= 4 is 17.7 Å². The van der Waals surface area contributed by atoms with E-state index in [1.807, 2.05) is 6.92 Å². The summed E-state index contributed by atoms with van der Waals surface area (Å²) in [6, 6.07) is 0.718. The highest BCUT2D eigenvalue weighted by Gasteiger charge is 2.48. The molecule has 4 rings (SSSR count). The van der Waals surface area contributed by atoms with Gasteiger partial charge in [0.15, 0.2) is 5.82 Å². The van der Waals surface area contributed by atoms with Gasteiger partial charge in [-0.15, -0.1) is 0 Å². The first-order chi connectivity index (χ1) is 8.68. The summed E-state index contributed by atoms with van der Waals surface area (Å²) < 4.78 is 0. The number of guanidine groups is 1. The topological polar surface area (TPSA) is 64.6 Å². The van der Waals surface area contributed by atoms with Gasteiger partial charge in [0, 0.05) is 12.7 Å². The highest BCUT2D eigenvalue weighted by atomic mass is 16.2. The van der Waals surface area contributed by atoms with Crippen LogP contribution in [-0.4, -0.2) is 46.1 Å². The lowest BCUT2D eigenvalue weighted by Crippen LogP contribution is -2.51. The Balaban J connectivity index is 1.93. The zero-order valence-electron chi connectivity index (χ0n) is 10.5. The van der Waals surface area contributed by atoms with Gasteiger partial charge < -0.3 is 0 Å². The molecule has 1 fully saturated rings. The van der Waals surface area contributed by atoms with Crippen LogP contribution in [0.5, 0.6) is 0 Å². The van der Waals surface area contributed by atoms with Crippen molar-refractivity contribution in [2.24, 2.45) is 4.99 Å². The van der Waals surface area contributed by atoms with E-state index in [4.69, 9.17) is 4.99 Å². The summed E-state index contributed by atoms with van der Waals surface area (Å²) in [4.78, 5) is 20.8. The quantitative estimate of drug-likeness (QED) is 0.738. The number of nitrogens with zero attached hydrogens (tertiary/aromatic N) is 4. The summed E-state index contributed by atoms with van der Waals surface area (Å²) in [5.41, 5.74) is 1.53. The number of hydrogen-bond donors (Lipinski definition) is 1. The van der Waals surface area contributed by atoms with Crippen molar-refractivity contribution in [1.82, 2.24) is 15.1 Å². The summed E-state index contributed by atoms with van der Waals surface area (Å²) in [7, 11) is 1.80. The number of fused-ring (bicyclic) bond motifs is 5. The summed E-state index contributed by atoms with van der Waals surface area (Å²) in [6.45, 7) is 1.89. The van der Waals surface area contributed by atoms with E-state index in [9.17, 15) is 4.79 Å². The Hall–Kier alpha value is -1.85. The number of rotatable bonds is 0. The third-order valence-corrected chi connectivity index (χ3v) is 4.25. The zero-order valence-corrected chi connectivity index (χ0v) is 10.5. The molecule has 0 spiro atoms. The van der Waals surface area contributed by atoms with E-state index in [0.29, 0.717) is 17.6 Å². The molecule has 0 saturated heterocycles. The number of aromatic amines is 1. The van der Waals surface area contributed by atoms with Crippen molar-refractivity contribution in [2.75, 3.05) is 11.9 Å². The minimum atomic E-state index is -0.00813. The molecule has 0 radical (unpaired) electrons. The van der Waals surface area contributed by atoms with Crippen LogP contribution in [-0.2, 0) is 0 Å². The molecule has 0 aromatic carbocycles. The Morgan fingerprint density at radius 1 is 1.39 bits per heavy atom. The molecule has 94 valence electrons. The van der Waals surface area contributed by atoms with Gasteiger partial charge in [-0.1, -0.05) is 0 Å². The third kappa shape index (κ3) is 1.01. The van der Waals surface area contributed by atoms with Crippen LogP contribution in [0.1, 0.15) is 35.3 Å². The number of H-pyrrole nitrogens is 1. The second-order valence-corrected chi connectivity index (χ2v) is 5.28. The van der Waals surface area contributed by atoms with Crippen molar-refractivity contribution in [2.45, 2.75) is 38.3 Å². The van der Waals surface area contributed by atoms with Gasteiger partial charge in [0.2, 0.25) is 5.96 Å². The van der Waals surface area contributed by atoms with Gasteiger partial charge in [-0.25, -0.2) is 4.99 Å². The second kappa shape index (κ2) is 3.13. The molecule has 3 heterocycles. The first-order valence-electron chi connectivity index (χ1n) is 6.38. The molecule has 1 aliphatic carbocycles. The fourth-order valence-electron chi connectivity index (χ4n) is 3.34. The van der Waals surface area contributed by atoms with E-state index in [-0.39, 0.29) is 5.91 Å². The molecule has 1 amide bonds. The molecule has 1 aromatic heterocycles. The number of nitrogens with one attached hydrogen (secondary N) is 1. The van der Waals surface area contributed by atoms with Gasteiger partial charge in [0.05, 0.1) is 12.1 Å². The van der Waals surface area contributed by atoms with Crippen LogP contribution in [0, 0.1) is 6.92 Å². The largest absolute Gasteiger partial charge is 0.289 e. The van der Waals surface area contributed by atoms with E-state index < -0.39 is 0 Å². The maximum absolute atomic E-state index is 12.3. The van der Waals surface area contributed by atoms with Crippen LogP contribution in [0.3, 0.4) is 0 Å². The Labute approximate surface area is 105 Å². The highest BCUT2D eigenvalue weighted by molar-refractivity contribution is 6.19. The number of amides is 1. The Bertz CT molecular complexity index is 575. The normalized spacial score (nSPS) is 29.2. The summed E-state index contributed by atoms with van der Waals surface area (Å²) in [5, 5.41) is 7.25. The molecule has 1 N–H and O–H groups in total. The molecule has 6 nitrogen and oxygen atoms in total. The van der Waals surface area contributed by atoms with Crippen LogP contribution < -0.4 is 4.90 Å². The van der Waals surface area contributed by atoms with E-state index in [2.05, 4.69) is 15.1 Å². The van der Waals surface area contributed by atoms with Gasteiger partial charge >= 0.3 is 0 Å². The Morgan fingerprint density at radius 3 is 3.06 bits per heavy atom. The number of carbonyl (C=O) groups is 1. The molecule has 2 atom stereocenters. The van der Waals surface area contributed by atoms with E-state index in [0.717, 1.165) is 30.3 Å². The average Bonchev–Trinajstić information content (AvgIpc) is 2.99. The van der Waals surface area contributed by atoms with Crippen molar-refractivity contribution in [3.8, 4) is 0 Å². The van der Waals surface area contributed by atoms with E-state index in [1.54, 1.807) is 11.9 Å². The fourth-order valence-corrected chi connectivity index (χ4v) is 3.34. The predicted molar refractivity (Wildman–Crippen MR) is 66.8 cm³/mol. The molecule has 6 heteroatoms. The number of aliphatic imine (C=N–C) groups is 1. The molecular formula is C12H15N5O. The summed E-state index contributed by atoms with van der Waals surface area (Å²) in [5.74, 6) is 1.53. The molecule has 0 unspecified atom stereocenters. The van der Waals surface area contributed by atoms with Crippen molar-refractivity contribution in [3.05, 3.63) is 11.3 Å². The SMILES string of the molecule is Cc1[nH]nc2c1C(=O)N(C)C1=N[C@@H]3CCC[C@@H]3N12. The average molecular weight is 245 g/mol. The molecular weight excluding hydrogens is 230 g/mol. The fraction of sp³-hybridized carbons (Fsp3) is 0.583. The number of anilines is 1. The third-order valence-electron chi connectivity index (χ3n) is 4.25. The summed E-state index contributed by atoms with van der Waals surface area (Å²) in [6.07, 6.45) is 3.45. The maximum atomic E-state index is 12.3. The van der Waals surface area contributed by atoms with E-state index in [1.165, 1.54) is 6.42 Å². The Kier molecular flexibility index (Phi) is 1.76. The smallest absolute Gasteiger partial charge is 0.265 e. The number of aromatic nitrogens is 2. The van der Waals surface area contributed by atoms with Gasteiger partial charge in [0.25, 0.3) is 5.91 Å². The lowest BCUT2D eigenvalue weighted by atomic mass is 10.1. The van der Waals surface area contributed by atoms with Crippen LogP contribution in [0.4, 0.5) is 5.82 Å². The molecule has 1 aromatic rings. The number of carbonyl (C=O) groups excluding carboxylic acids is 1. The number of aryl methyl sites for hydroxylation is 1. The van der Waals surface area contributed by atoms with Gasteiger partial charge in [0.1, 0.15) is 5.56 Å². The first-order valence-corrected chi connectivity index (χ1v) is 6.38. The predicted octanol–water partition coefficient (Wildman–Crippen LogP) is 0.901. The van der Waals surface area contributed by atoms with Gasteiger partial charge in [-0.05, 0) is 26.2 Å². The summed E-state index contributed by atoms with van der Waals surface area (Å²) >= 11 is 0. The molecule has 3 aliphatic rings. The Morgan fingerprint density at radius 2 is 2.22 bits per heavy atom. The van der Waals surface area contributed by atoms with Crippen LogP contribution >= 0.6 is 0 Å². The molecule has 1 saturated carbocycles. The number of hydrogen-bond acceptors (Lipinski definition) is 4. The van der Waals surface area contributed by atoms with Gasteiger partial charge in [-0.3, -0.25) is 19.7 Å². The molecule has 18 heavy (non-hydrogen) atoms. The van der Waals surface area contributed by atoms with Crippen molar-refractivity contribution in [1.29, 1.82) is 0 Å². The van der Waals surface area contributed by atoms with E-state index >= 15 is 0 Å². The maximum Gasteiger partial charge on any atom is 0.265 e. The van der Waals surface area contributed by atoms with Crippen LogP contribution in [0.15, 0.2) is 4.99 Å². The van der Waals surface area contributed by atoms with Crippen molar-refractivity contribution in [3.63, 3.8) is 0 Å². The lowest BCUT2D eigenvalue weighted by Gasteiger charge is -2.34. The van der Waals surface area contributed by atoms with Crippen LogP contribution in [0.2, 0.25) is 0 Å². The second-order valence-electron chi connectivity index (χ2n) is 5.28. The zero-order chi connectivity index (χ0) is 12.4. The molecule has 2 aliphatic heterocycles.